The zero-order valence-corrected chi connectivity index (χ0v) is 13.0. The molecule has 0 radical (unpaired) electrons. The Morgan fingerprint density at radius 3 is 3.05 bits per heavy atom. The van der Waals surface area contributed by atoms with E-state index in [1.165, 1.54) is 17.5 Å². The van der Waals surface area contributed by atoms with Crippen LogP contribution in [-0.4, -0.2) is 46.1 Å². The SMILES string of the molecule is COc1cc(NC2CCN(Cc3cncc(C)c3)C2)ncn1. The maximum atomic E-state index is 5.12. The molecule has 0 spiro atoms. The zero-order chi connectivity index (χ0) is 15.4. The summed E-state index contributed by atoms with van der Waals surface area (Å²) in [7, 11) is 1.61. The van der Waals surface area contributed by atoms with Gasteiger partial charge in [-0.05, 0) is 24.5 Å². The number of methoxy groups -OCH3 is 1. The molecule has 0 aliphatic carbocycles. The van der Waals surface area contributed by atoms with Gasteiger partial charge in [-0.2, -0.15) is 0 Å². The highest BCUT2D eigenvalue weighted by atomic mass is 16.5. The normalized spacial score (nSPS) is 18.4. The number of aromatic nitrogens is 3. The van der Waals surface area contributed by atoms with Crippen LogP contribution in [0.1, 0.15) is 17.5 Å². The van der Waals surface area contributed by atoms with Crippen molar-refractivity contribution in [3.8, 4) is 5.88 Å². The van der Waals surface area contributed by atoms with E-state index in [1.807, 2.05) is 18.5 Å². The lowest BCUT2D eigenvalue weighted by Gasteiger charge is -2.17. The van der Waals surface area contributed by atoms with Gasteiger partial charge in [0.25, 0.3) is 0 Å². The second kappa shape index (κ2) is 6.70. The molecule has 1 aliphatic heterocycles. The molecule has 6 nitrogen and oxygen atoms in total. The summed E-state index contributed by atoms with van der Waals surface area (Å²) in [6.45, 7) is 5.10. The number of anilines is 1. The predicted molar refractivity (Wildman–Crippen MR) is 84.9 cm³/mol. The fourth-order valence-electron chi connectivity index (χ4n) is 2.80. The van der Waals surface area contributed by atoms with Crippen LogP contribution < -0.4 is 10.1 Å². The summed E-state index contributed by atoms with van der Waals surface area (Å²) in [5.74, 6) is 1.40. The molecule has 1 atom stereocenters. The average Bonchev–Trinajstić information content (AvgIpc) is 2.94. The van der Waals surface area contributed by atoms with E-state index in [1.54, 1.807) is 7.11 Å². The Hall–Kier alpha value is -2.21. The molecule has 1 N–H and O–H groups in total. The van der Waals surface area contributed by atoms with Crippen molar-refractivity contribution < 1.29 is 4.74 Å². The monoisotopic (exact) mass is 299 g/mol. The number of pyridine rings is 1. The molecule has 116 valence electrons. The Morgan fingerprint density at radius 2 is 2.23 bits per heavy atom. The van der Waals surface area contributed by atoms with Gasteiger partial charge >= 0.3 is 0 Å². The minimum absolute atomic E-state index is 0.400. The topological polar surface area (TPSA) is 63.2 Å². The minimum Gasteiger partial charge on any atom is -0.481 e. The third kappa shape index (κ3) is 3.71. The summed E-state index contributed by atoms with van der Waals surface area (Å²) in [5, 5.41) is 3.45. The van der Waals surface area contributed by atoms with Crippen LogP contribution in [0, 0.1) is 6.92 Å². The van der Waals surface area contributed by atoms with Gasteiger partial charge < -0.3 is 10.1 Å². The second-order valence-electron chi connectivity index (χ2n) is 5.68. The molecule has 3 rings (SSSR count). The lowest BCUT2D eigenvalue weighted by Crippen LogP contribution is -2.26. The Bertz CT molecular complexity index is 633. The van der Waals surface area contributed by atoms with Crippen LogP contribution in [0.25, 0.3) is 0 Å². The van der Waals surface area contributed by atoms with Crippen molar-refractivity contribution in [2.75, 3.05) is 25.5 Å². The Kier molecular flexibility index (Phi) is 4.48. The van der Waals surface area contributed by atoms with Crippen LogP contribution in [0.5, 0.6) is 5.88 Å². The molecule has 1 fully saturated rings. The Morgan fingerprint density at radius 1 is 1.32 bits per heavy atom. The molecule has 2 aromatic heterocycles. The van der Waals surface area contributed by atoms with Gasteiger partial charge in [-0.3, -0.25) is 9.88 Å². The van der Waals surface area contributed by atoms with Gasteiger partial charge in [0.05, 0.1) is 7.11 Å². The summed E-state index contributed by atoms with van der Waals surface area (Å²) < 4.78 is 5.12. The van der Waals surface area contributed by atoms with Crippen LogP contribution in [-0.2, 0) is 6.54 Å². The number of likely N-dealkylation sites (tertiary alicyclic amines) is 1. The van der Waals surface area contributed by atoms with Gasteiger partial charge in [-0.1, -0.05) is 6.07 Å². The third-order valence-electron chi connectivity index (χ3n) is 3.81. The number of hydrogen-bond acceptors (Lipinski definition) is 6. The second-order valence-corrected chi connectivity index (χ2v) is 5.68. The van der Waals surface area contributed by atoms with Crippen molar-refractivity contribution in [3.63, 3.8) is 0 Å². The molecule has 6 heteroatoms. The number of ether oxygens (including phenoxy) is 1. The van der Waals surface area contributed by atoms with Gasteiger partial charge in [0.2, 0.25) is 5.88 Å². The van der Waals surface area contributed by atoms with Gasteiger partial charge in [0.1, 0.15) is 12.1 Å². The number of nitrogens with one attached hydrogen (secondary N) is 1. The number of hydrogen-bond donors (Lipinski definition) is 1. The van der Waals surface area contributed by atoms with E-state index in [-0.39, 0.29) is 0 Å². The fraction of sp³-hybridized carbons (Fsp3) is 0.438. The average molecular weight is 299 g/mol. The van der Waals surface area contributed by atoms with E-state index < -0.39 is 0 Å². The van der Waals surface area contributed by atoms with Crippen LogP contribution in [0.4, 0.5) is 5.82 Å². The highest BCUT2D eigenvalue weighted by molar-refractivity contribution is 5.38. The van der Waals surface area contributed by atoms with E-state index in [2.05, 4.69) is 38.2 Å². The molecule has 1 unspecified atom stereocenters. The van der Waals surface area contributed by atoms with Crippen LogP contribution in [0.3, 0.4) is 0 Å². The molecular weight excluding hydrogens is 278 g/mol. The molecular formula is C16H21N5O. The van der Waals surface area contributed by atoms with Crippen molar-refractivity contribution in [3.05, 3.63) is 42.0 Å². The standard InChI is InChI=1S/C16H21N5O/c1-12-5-13(8-17-7-12)9-21-4-3-14(10-21)20-15-6-16(22-2)19-11-18-15/h5-8,11,14H,3-4,9-10H2,1-2H3,(H,18,19,20). The molecule has 22 heavy (non-hydrogen) atoms. The van der Waals surface area contributed by atoms with Gasteiger partial charge in [0.15, 0.2) is 0 Å². The molecule has 0 aromatic carbocycles. The molecule has 0 saturated carbocycles. The zero-order valence-electron chi connectivity index (χ0n) is 13.0. The maximum absolute atomic E-state index is 5.12. The number of rotatable bonds is 5. The molecule has 2 aromatic rings. The minimum atomic E-state index is 0.400. The van der Waals surface area contributed by atoms with Crippen molar-refractivity contribution >= 4 is 5.82 Å². The first kappa shape index (κ1) is 14.7. The van der Waals surface area contributed by atoms with Crippen LogP contribution >= 0.6 is 0 Å². The first-order valence-electron chi connectivity index (χ1n) is 7.48. The summed E-state index contributed by atoms with van der Waals surface area (Å²) in [6, 6.07) is 4.42. The molecule has 0 bridgehead atoms. The highest BCUT2D eigenvalue weighted by Crippen LogP contribution is 2.18. The molecule has 0 amide bonds. The lowest BCUT2D eigenvalue weighted by atomic mass is 10.2. The van der Waals surface area contributed by atoms with E-state index in [9.17, 15) is 0 Å². The fourth-order valence-corrected chi connectivity index (χ4v) is 2.80. The predicted octanol–water partition coefficient (Wildman–Crippen LogP) is 1.88. The number of aryl methyl sites for hydroxylation is 1. The number of nitrogens with zero attached hydrogens (tertiary/aromatic N) is 4. The first-order chi connectivity index (χ1) is 10.7. The summed E-state index contributed by atoms with van der Waals surface area (Å²) in [6.07, 6.45) is 6.46. The van der Waals surface area contributed by atoms with Crippen LogP contribution in [0.2, 0.25) is 0 Å². The van der Waals surface area contributed by atoms with E-state index >= 15 is 0 Å². The smallest absolute Gasteiger partial charge is 0.218 e. The van der Waals surface area contributed by atoms with Crippen molar-refractivity contribution in [1.82, 2.24) is 19.9 Å². The van der Waals surface area contributed by atoms with Crippen LogP contribution in [0.15, 0.2) is 30.9 Å². The van der Waals surface area contributed by atoms with Gasteiger partial charge in [0, 0.05) is 44.1 Å². The summed E-state index contributed by atoms with van der Waals surface area (Å²) in [5.41, 5.74) is 2.48. The quantitative estimate of drug-likeness (QED) is 0.909. The molecule has 1 aliphatic rings. The highest BCUT2D eigenvalue weighted by Gasteiger charge is 2.22. The first-order valence-corrected chi connectivity index (χ1v) is 7.48. The van der Waals surface area contributed by atoms with Gasteiger partial charge in [-0.15, -0.1) is 0 Å². The van der Waals surface area contributed by atoms with Crippen molar-refractivity contribution in [2.45, 2.75) is 25.9 Å². The van der Waals surface area contributed by atoms with E-state index in [0.717, 1.165) is 31.9 Å². The van der Waals surface area contributed by atoms with Gasteiger partial charge in [-0.25, -0.2) is 9.97 Å². The van der Waals surface area contributed by atoms with Crippen molar-refractivity contribution in [2.24, 2.45) is 0 Å². The maximum Gasteiger partial charge on any atom is 0.218 e. The Labute approximate surface area is 130 Å². The summed E-state index contributed by atoms with van der Waals surface area (Å²) >= 11 is 0. The largest absolute Gasteiger partial charge is 0.481 e. The van der Waals surface area contributed by atoms with E-state index in [4.69, 9.17) is 4.74 Å². The Balaban J connectivity index is 1.55. The van der Waals surface area contributed by atoms with E-state index in [0.29, 0.717) is 11.9 Å². The molecule has 1 saturated heterocycles. The molecule has 3 heterocycles. The van der Waals surface area contributed by atoms with Crippen molar-refractivity contribution in [1.29, 1.82) is 0 Å². The third-order valence-corrected chi connectivity index (χ3v) is 3.81. The summed E-state index contributed by atoms with van der Waals surface area (Å²) in [4.78, 5) is 15.0. The lowest BCUT2D eigenvalue weighted by molar-refractivity contribution is 0.328.